The number of aromatic nitrogens is 1. The van der Waals surface area contributed by atoms with Crippen LogP contribution in [0.3, 0.4) is 0 Å². The first-order valence-corrected chi connectivity index (χ1v) is 12.7. The number of carbonyl (C=O) groups excluding carboxylic acids is 1. The van der Waals surface area contributed by atoms with Crippen LogP contribution < -0.4 is 19.1 Å². The highest BCUT2D eigenvalue weighted by atomic mass is 32.2. The molecule has 2 heterocycles. The zero-order chi connectivity index (χ0) is 23.2. The molecule has 33 heavy (non-hydrogen) atoms. The lowest BCUT2D eigenvalue weighted by Crippen LogP contribution is -2.48. The smallest absolute Gasteiger partial charge is 0.222 e. The third kappa shape index (κ3) is 5.47. The number of methoxy groups -OCH3 is 3. The first-order valence-electron chi connectivity index (χ1n) is 10.9. The summed E-state index contributed by atoms with van der Waals surface area (Å²) in [5, 5.41) is 0.941. The van der Waals surface area contributed by atoms with E-state index >= 15 is 0 Å². The van der Waals surface area contributed by atoms with Crippen molar-refractivity contribution in [2.45, 2.75) is 17.7 Å². The Hall–Kier alpha value is -2.65. The SMILES string of the molecule is COc1ccc(SCCCC(=O)N2CCN(c3nc4c(OC)ccc(OC)c4s3)CC2)cc1. The summed E-state index contributed by atoms with van der Waals surface area (Å²) in [6.45, 7) is 2.98. The van der Waals surface area contributed by atoms with Crippen molar-refractivity contribution in [2.75, 3.05) is 58.2 Å². The number of thiazole rings is 1. The van der Waals surface area contributed by atoms with Gasteiger partial charge in [0.2, 0.25) is 5.91 Å². The van der Waals surface area contributed by atoms with Gasteiger partial charge in [0.1, 0.15) is 27.5 Å². The molecule has 176 valence electrons. The van der Waals surface area contributed by atoms with Crippen molar-refractivity contribution in [3.63, 3.8) is 0 Å². The van der Waals surface area contributed by atoms with Crippen LogP contribution in [0.5, 0.6) is 17.2 Å². The molecular weight excluding hydrogens is 458 g/mol. The van der Waals surface area contributed by atoms with Gasteiger partial charge in [-0.3, -0.25) is 4.79 Å². The number of benzene rings is 2. The molecule has 0 radical (unpaired) electrons. The van der Waals surface area contributed by atoms with Gasteiger partial charge in [0.25, 0.3) is 0 Å². The Balaban J connectivity index is 1.26. The summed E-state index contributed by atoms with van der Waals surface area (Å²) in [5.41, 5.74) is 0.824. The largest absolute Gasteiger partial charge is 0.497 e. The van der Waals surface area contributed by atoms with Crippen LogP contribution in [0.15, 0.2) is 41.3 Å². The van der Waals surface area contributed by atoms with E-state index in [0.717, 1.165) is 57.9 Å². The number of nitrogens with zero attached hydrogens (tertiary/aromatic N) is 3. The summed E-state index contributed by atoms with van der Waals surface area (Å²) in [6.07, 6.45) is 1.45. The molecule has 7 nitrogen and oxygen atoms in total. The van der Waals surface area contributed by atoms with Crippen molar-refractivity contribution < 1.29 is 19.0 Å². The molecule has 0 saturated carbocycles. The molecule has 1 fully saturated rings. The highest BCUT2D eigenvalue weighted by Gasteiger charge is 2.24. The highest BCUT2D eigenvalue weighted by Crippen LogP contribution is 2.40. The van der Waals surface area contributed by atoms with Crippen molar-refractivity contribution in [1.82, 2.24) is 9.88 Å². The maximum Gasteiger partial charge on any atom is 0.222 e. The molecule has 0 N–H and O–H groups in total. The molecule has 0 bridgehead atoms. The maximum atomic E-state index is 12.7. The minimum Gasteiger partial charge on any atom is -0.497 e. The summed E-state index contributed by atoms with van der Waals surface area (Å²) in [5.74, 6) is 3.56. The number of anilines is 1. The first kappa shape index (κ1) is 23.5. The number of amides is 1. The average Bonchev–Trinajstić information content (AvgIpc) is 3.32. The van der Waals surface area contributed by atoms with Gasteiger partial charge < -0.3 is 24.0 Å². The molecule has 0 atom stereocenters. The molecular formula is C24H29N3O4S2. The second-order valence-corrected chi connectivity index (χ2v) is 9.79. The molecule has 0 aliphatic carbocycles. The number of hydrogen-bond acceptors (Lipinski definition) is 8. The van der Waals surface area contributed by atoms with Crippen LogP contribution in [0.25, 0.3) is 10.2 Å². The van der Waals surface area contributed by atoms with E-state index in [1.165, 1.54) is 4.90 Å². The minimum absolute atomic E-state index is 0.234. The van der Waals surface area contributed by atoms with Crippen LogP contribution in [0, 0.1) is 0 Å². The minimum atomic E-state index is 0.234. The number of fused-ring (bicyclic) bond motifs is 1. The Morgan fingerprint density at radius 2 is 1.67 bits per heavy atom. The lowest BCUT2D eigenvalue weighted by atomic mass is 10.2. The average molecular weight is 488 g/mol. The monoisotopic (exact) mass is 487 g/mol. The second-order valence-electron chi connectivity index (χ2n) is 7.64. The number of hydrogen-bond donors (Lipinski definition) is 0. The van der Waals surface area contributed by atoms with E-state index in [-0.39, 0.29) is 5.91 Å². The zero-order valence-corrected chi connectivity index (χ0v) is 20.8. The topological polar surface area (TPSA) is 64.1 Å². The van der Waals surface area contributed by atoms with Crippen LogP contribution in [0.2, 0.25) is 0 Å². The predicted octanol–water partition coefficient (Wildman–Crippen LogP) is 4.54. The van der Waals surface area contributed by atoms with E-state index in [0.29, 0.717) is 19.5 Å². The van der Waals surface area contributed by atoms with Gasteiger partial charge in [-0.15, -0.1) is 11.8 Å². The first-order chi connectivity index (χ1) is 16.1. The van der Waals surface area contributed by atoms with Crippen LogP contribution in [0.4, 0.5) is 5.13 Å². The Bertz CT molecular complexity index is 1040. The fourth-order valence-corrected chi connectivity index (χ4v) is 5.78. The van der Waals surface area contributed by atoms with Crippen molar-refractivity contribution >= 4 is 44.4 Å². The van der Waals surface area contributed by atoms with Gasteiger partial charge in [-0.2, -0.15) is 0 Å². The lowest BCUT2D eigenvalue weighted by molar-refractivity contribution is -0.131. The molecule has 0 spiro atoms. The Morgan fingerprint density at radius 1 is 0.970 bits per heavy atom. The lowest BCUT2D eigenvalue weighted by Gasteiger charge is -2.34. The maximum absolute atomic E-state index is 12.7. The molecule has 4 rings (SSSR count). The molecule has 1 saturated heterocycles. The number of ether oxygens (including phenoxy) is 3. The number of thioether (sulfide) groups is 1. The third-order valence-electron chi connectivity index (χ3n) is 5.67. The molecule has 3 aromatic rings. The normalized spacial score (nSPS) is 13.9. The summed E-state index contributed by atoms with van der Waals surface area (Å²) >= 11 is 3.38. The van der Waals surface area contributed by atoms with E-state index in [1.54, 1.807) is 44.4 Å². The van der Waals surface area contributed by atoms with Crippen LogP contribution in [-0.2, 0) is 4.79 Å². The highest BCUT2D eigenvalue weighted by molar-refractivity contribution is 7.99. The fraction of sp³-hybridized carbons (Fsp3) is 0.417. The summed E-state index contributed by atoms with van der Waals surface area (Å²) in [6, 6.07) is 11.8. The van der Waals surface area contributed by atoms with Gasteiger partial charge in [-0.1, -0.05) is 11.3 Å². The second kappa shape index (κ2) is 11.0. The molecule has 1 amide bonds. The van der Waals surface area contributed by atoms with Crippen molar-refractivity contribution in [3.05, 3.63) is 36.4 Å². The van der Waals surface area contributed by atoms with Crippen LogP contribution in [0.1, 0.15) is 12.8 Å². The van der Waals surface area contributed by atoms with Crippen LogP contribution >= 0.6 is 23.1 Å². The van der Waals surface area contributed by atoms with Gasteiger partial charge in [0, 0.05) is 37.5 Å². The van der Waals surface area contributed by atoms with Crippen molar-refractivity contribution in [1.29, 1.82) is 0 Å². The van der Waals surface area contributed by atoms with E-state index < -0.39 is 0 Å². The molecule has 2 aromatic carbocycles. The molecule has 0 unspecified atom stereocenters. The summed E-state index contributed by atoms with van der Waals surface area (Å²) < 4.78 is 17.1. The molecule has 9 heteroatoms. The van der Waals surface area contributed by atoms with Crippen molar-refractivity contribution in [2.24, 2.45) is 0 Å². The van der Waals surface area contributed by atoms with Crippen LogP contribution in [-0.4, -0.2) is 69.1 Å². The van der Waals surface area contributed by atoms with Gasteiger partial charge in [-0.05, 0) is 48.6 Å². The summed E-state index contributed by atoms with van der Waals surface area (Å²) in [7, 11) is 4.99. The van der Waals surface area contributed by atoms with Gasteiger partial charge in [0.05, 0.1) is 21.3 Å². The van der Waals surface area contributed by atoms with E-state index in [2.05, 4.69) is 17.0 Å². The van der Waals surface area contributed by atoms with E-state index in [4.69, 9.17) is 19.2 Å². The van der Waals surface area contributed by atoms with E-state index in [1.807, 2.05) is 29.2 Å². The fourth-order valence-electron chi connectivity index (χ4n) is 3.80. The Morgan fingerprint density at radius 3 is 2.33 bits per heavy atom. The standard InChI is InChI=1S/C24H29N3O4S2/c1-29-17-6-8-18(9-7-17)32-16-4-5-21(28)26-12-14-27(15-13-26)24-25-22-19(30-2)10-11-20(31-3)23(22)33-24/h6-11H,4-5,12-16H2,1-3H3. The molecule has 1 aromatic heterocycles. The molecule has 1 aliphatic heterocycles. The zero-order valence-electron chi connectivity index (χ0n) is 19.2. The molecule has 1 aliphatic rings. The Kier molecular flexibility index (Phi) is 7.82. The number of rotatable bonds is 9. The number of piperazine rings is 1. The summed E-state index contributed by atoms with van der Waals surface area (Å²) in [4.78, 5) is 22.9. The van der Waals surface area contributed by atoms with Gasteiger partial charge >= 0.3 is 0 Å². The predicted molar refractivity (Wildman–Crippen MR) is 134 cm³/mol. The van der Waals surface area contributed by atoms with Crippen molar-refractivity contribution in [3.8, 4) is 17.2 Å². The van der Waals surface area contributed by atoms with Gasteiger partial charge in [-0.25, -0.2) is 4.98 Å². The number of carbonyl (C=O) groups is 1. The Labute approximate surface area is 202 Å². The van der Waals surface area contributed by atoms with E-state index in [9.17, 15) is 4.79 Å². The third-order valence-corrected chi connectivity index (χ3v) is 7.89. The van der Waals surface area contributed by atoms with Gasteiger partial charge in [0.15, 0.2) is 5.13 Å². The quantitative estimate of drug-likeness (QED) is 0.324.